The Morgan fingerprint density at radius 3 is 2.90 bits per heavy atom. The van der Waals surface area contributed by atoms with Crippen LogP contribution in [0.2, 0.25) is 0 Å². The van der Waals surface area contributed by atoms with E-state index in [1.54, 1.807) is 6.07 Å². The molecular formula is C17H21FN2O. The van der Waals surface area contributed by atoms with Crippen LogP contribution in [0.3, 0.4) is 0 Å². The third kappa shape index (κ3) is 4.57. The summed E-state index contributed by atoms with van der Waals surface area (Å²) >= 11 is 0. The lowest BCUT2D eigenvalue weighted by Gasteiger charge is -2.17. The highest BCUT2D eigenvalue weighted by atomic mass is 19.1. The Hall–Kier alpha value is -1.86. The summed E-state index contributed by atoms with van der Waals surface area (Å²) in [5.41, 5.74) is 5.96. The highest BCUT2D eigenvalue weighted by molar-refractivity contribution is 5.95. The van der Waals surface area contributed by atoms with Crippen LogP contribution in [0.4, 0.5) is 4.39 Å². The summed E-state index contributed by atoms with van der Waals surface area (Å²) < 4.78 is 13.8. The maximum Gasteiger partial charge on any atom is 0.254 e. The minimum Gasteiger partial charge on any atom is -0.349 e. The quantitative estimate of drug-likeness (QED) is 0.818. The van der Waals surface area contributed by atoms with Crippen molar-refractivity contribution < 1.29 is 9.18 Å². The van der Waals surface area contributed by atoms with E-state index in [1.165, 1.54) is 25.0 Å². The molecule has 1 fully saturated rings. The molecule has 21 heavy (non-hydrogen) atoms. The molecule has 1 atom stereocenters. The van der Waals surface area contributed by atoms with Crippen LogP contribution >= 0.6 is 0 Å². The lowest BCUT2D eigenvalue weighted by Crippen LogP contribution is -2.35. The zero-order chi connectivity index (χ0) is 15.2. The van der Waals surface area contributed by atoms with E-state index in [1.807, 2.05) is 6.92 Å². The summed E-state index contributed by atoms with van der Waals surface area (Å²) in [6.45, 7) is 2.27. The van der Waals surface area contributed by atoms with E-state index >= 15 is 0 Å². The molecule has 0 heterocycles. The number of halogens is 1. The van der Waals surface area contributed by atoms with E-state index in [4.69, 9.17) is 5.73 Å². The van der Waals surface area contributed by atoms with Gasteiger partial charge in [0.1, 0.15) is 5.82 Å². The molecule has 1 saturated carbocycles. The van der Waals surface area contributed by atoms with Gasteiger partial charge in [-0.05, 0) is 37.0 Å². The lowest BCUT2D eigenvalue weighted by molar-refractivity contribution is 0.0928. The van der Waals surface area contributed by atoms with Gasteiger partial charge in [0.05, 0.1) is 12.1 Å². The van der Waals surface area contributed by atoms with Crippen molar-refractivity contribution in [1.29, 1.82) is 0 Å². The van der Waals surface area contributed by atoms with Crippen molar-refractivity contribution in [3.8, 4) is 11.8 Å². The van der Waals surface area contributed by atoms with Crippen LogP contribution in [0.1, 0.15) is 48.5 Å². The molecule has 1 unspecified atom stereocenters. The Labute approximate surface area is 125 Å². The largest absolute Gasteiger partial charge is 0.349 e. The SMILES string of the molecule is CCC(CC1CC1)NC(=O)c1cc(C#CCN)ccc1F. The molecule has 1 aromatic rings. The topological polar surface area (TPSA) is 55.1 Å². The molecule has 0 bridgehead atoms. The van der Waals surface area contributed by atoms with E-state index < -0.39 is 5.82 Å². The Morgan fingerprint density at radius 1 is 1.52 bits per heavy atom. The summed E-state index contributed by atoms with van der Waals surface area (Å²) in [6.07, 6.45) is 4.32. The number of rotatable bonds is 5. The van der Waals surface area contributed by atoms with Gasteiger partial charge in [0.25, 0.3) is 5.91 Å². The van der Waals surface area contributed by atoms with Crippen molar-refractivity contribution in [2.45, 2.75) is 38.6 Å². The number of carbonyl (C=O) groups is 1. The van der Waals surface area contributed by atoms with Gasteiger partial charge in [-0.1, -0.05) is 31.6 Å². The van der Waals surface area contributed by atoms with E-state index in [0.717, 1.165) is 18.8 Å². The maximum absolute atomic E-state index is 13.8. The zero-order valence-corrected chi connectivity index (χ0v) is 12.3. The third-order valence-corrected chi connectivity index (χ3v) is 3.69. The highest BCUT2D eigenvalue weighted by Crippen LogP contribution is 2.34. The van der Waals surface area contributed by atoms with Crippen LogP contribution in [-0.4, -0.2) is 18.5 Å². The standard InChI is InChI=1S/C17H21FN2O/c1-2-14(10-13-5-6-13)20-17(21)15-11-12(4-3-9-19)7-8-16(15)18/h7-8,11,13-14H,2,5-6,9-10,19H2,1H3,(H,20,21). The zero-order valence-electron chi connectivity index (χ0n) is 12.3. The molecule has 0 saturated heterocycles. The Kier molecular flexibility index (Phi) is 5.35. The fourth-order valence-electron chi connectivity index (χ4n) is 2.28. The first-order chi connectivity index (χ1) is 10.1. The summed E-state index contributed by atoms with van der Waals surface area (Å²) in [5, 5.41) is 2.93. The fraction of sp³-hybridized carbons (Fsp3) is 0.471. The summed E-state index contributed by atoms with van der Waals surface area (Å²) in [5.74, 6) is 5.35. The monoisotopic (exact) mass is 288 g/mol. The number of nitrogens with two attached hydrogens (primary N) is 1. The molecule has 1 aliphatic rings. The Balaban J connectivity index is 2.09. The molecule has 2 rings (SSSR count). The van der Waals surface area contributed by atoms with E-state index in [9.17, 15) is 9.18 Å². The fourth-order valence-corrected chi connectivity index (χ4v) is 2.28. The lowest BCUT2D eigenvalue weighted by atomic mass is 10.1. The minimum atomic E-state index is -0.521. The molecule has 1 aromatic carbocycles. The van der Waals surface area contributed by atoms with Crippen molar-refractivity contribution in [3.05, 3.63) is 35.1 Å². The molecule has 112 valence electrons. The number of hydrogen-bond donors (Lipinski definition) is 2. The van der Waals surface area contributed by atoms with Crippen LogP contribution in [0.5, 0.6) is 0 Å². The molecule has 0 aromatic heterocycles. The summed E-state index contributed by atoms with van der Waals surface area (Å²) in [7, 11) is 0. The van der Waals surface area contributed by atoms with E-state index in [-0.39, 0.29) is 24.1 Å². The average molecular weight is 288 g/mol. The molecule has 3 N–H and O–H groups in total. The first-order valence-corrected chi connectivity index (χ1v) is 7.43. The Morgan fingerprint density at radius 2 is 2.29 bits per heavy atom. The van der Waals surface area contributed by atoms with Crippen molar-refractivity contribution >= 4 is 5.91 Å². The smallest absolute Gasteiger partial charge is 0.254 e. The average Bonchev–Trinajstić information content (AvgIpc) is 3.29. The second-order valence-electron chi connectivity index (χ2n) is 5.46. The normalized spacial score (nSPS) is 15.0. The predicted octanol–water partition coefficient (Wildman–Crippen LogP) is 2.44. The van der Waals surface area contributed by atoms with E-state index in [2.05, 4.69) is 17.2 Å². The first kappa shape index (κ1) is 15.5. The van der Waals surface area contributed by atoms with Gasteiger partial charge < -0.3 is 11.1 Å². The van der Waals surface area contributed by atoms with Crippen molar-refractivity contribution in [2.24, 2.45) is 11.7 Å². The van der Waals surface area contributed by atoms with Gasteiger partial charge in [0.2, 0.25) is 0 Å². The predicted molar refractivity (Wildman–Crippen MR) is 81.2 cm³/mol. The third-order valence-electron chi connectivity index (χ3n) is 3.69. The van der Waals surface area contributed by atoms with Crippen molar-refractivity contribution in [1.82, 2.24) is 5.32 Å². The first-order valence-electron chi connectivity index (χ1n) is 7.43. The maximum atomic E-state index is 13.8. The molecule has 0 spiro atoms. The van der Waals surface area contributed by atoms with Crippen LogP contribution < -0.4 is 11.1 Å². The number of amides is 1. The van der Waals surface area contributed by atoms with Crippen molar-refractivity contribution in [2.75, 3.05) is 6.54 Å². The molecule has 1 amide bonds. The van der Waals surface area contributed by atoms with E-state index in [0.29, 0.717) is 5.56 Å². The van der Waals surface area contributed by atoms with Gasteiger partial charge in [0.15, 0.2) is 0 Å². The van der Waals surface area contributed by atoms with Gasteiger partial charge in [-0.15, -0.1) is 0 Å². The molecule has 0 radical (unpaired) electrons. The number of hydrogen-bond acceptors (Lipinski definition) is 2. The molecule has 1 aliphatic carbocycles. The molecule has 0 aliphatic heterocycles. The number of nitrogens with one attached hydrogen (secondary N) is 1. The van der Waals surface area contributed by atoms with Gasteiger partial charge in [-0.3, -0.25) is 4.79 Å². The number of carbonyl (C=O) groups excluding carboxylic acids is 1. The van der Waals surface area contributed by atoms with Gasteiger partial charge >= 0.3 is 0 Å². The second kappa shape index (κ2) is 7.24. The van der Waals surface area contributed by atoms with Crippen molar-refractivity contribution in [3.63, 3.8) is 0 Å². The van der Waals surface area contributed by atoms with Crippen LogP contribution in [0, 0.1) is 23.6 Å². The van der Waals surface area contributed by atoms with Crippen LogP contribution in [0.25, 0.3) is 0 Å². The summed E-state index contributed by atoms with van der Waals surface area (Å²) in [4.78, 5) is 12.2. The van der Waals surface area contributed by atoms with Gasteiger partial charge in [-0.25, -0.2) is 4.39 Å². The minimum absolute atomic E-state index is 0.0491. The summed E-state index contributed by atoms with van der Waals surface area (Å²) in [6, 6.07) is 4.42. The molecular weight excluding hydrogens is 267 g/mol. The van der Waals surface area contributed by atoms with Gasteiger partial charge in [0, 0.05) is 11.6 Å². The highest BCUT2D eigenvalue weighted by Gasteiger charge is 2.26. The second-order valence-corrected chi connectivity index (χ2v) is 5.46. The molecule has 3 nitrogen and oxygen atoms in total. The van der Waals surface area contributed by atoms with Crippen LogP contribution in [-0.2, 0) is 0 Å². The van der Waals surface area contributed by atoms with Gasteiger partial charge in [-0.2, -0.15) is 0 Å². The molecule has 4 heteroatoms. The number of benzene rings is 1. The Bertz CT molecular complexity index is 570. The van der Waals surface area contributed by atoms with Crippen LogP contribution in [0.15, 0.2) is 18.2 Å².